The lowest BCUT2D eigenvalue weighted by molar-refractivity contribution is -0.153. The van der Waals surface area contributed by atoms with E-state index < -0.39 is 28.2 Å². The molecule has 3 saturated carbocycles. The number of carbonyl (C=O) groups excluding carboxylic acids is 1. The van der Waals surface area contributed by atoms with Crippen molar-refractivity contribution in [3.05, 3.63) is 29.1 Å². The summed E-state index contributed by atoms with van der Waals surface area (Å²) >= 11 is 0. The molecule has 0 aromatic heterocycles. The second-order valence-corrected chi connectivity index (χ2v) is 12.3. The molecule has 3 aliphatic carbocycles. The van der Waals surface area contributed by atoms with E-state index >= 15 is 13.2 Å². The van der Waals surface area contributed by atoms with Gasteiger partial charge in [-0.05, 0) is 69.9 Å². The fourth-order valence-electron chi connectivity index (χ4n) is 7.24. The highest BCUT2D eigenvalue weighted by Crippen LogP contribution is 2.59. The van der Waals surface area contributed by atoms with Crippen molar-refractivity contribution in [3.63, 3.8) is 0 Å². The normalized spacial score (nSPS) is 39.9. The summed E-state index contributed by atoms with van der Waals surface area (Å²) in [6.07, 6.45) is 2.82. The van der Waals surface area contributed by atoms with Crippen LogP contribution in [0.3, 0.4) is 0 Å². The second kappa shape index (κ2) is 7.86. The van der Waals surface area contributed by atoms with E-state index in [0.29, 0.717) is 12.3 Å². The number of hydrogen-bond donors (Lipinski definition) is 0. The van der Waals surface area contributed by atoms with E-state index in [1.54, 1.807) is 17.9 Å². The van der Waals surface area contributed by atoms with Crippen LogP contribution in [0, 0.1) is 11.2 Å². The second-order valence-electron chi connectivity index (χ2n) is 12.3. The molecule has 3 atom stereocenters. The number of fused-ring (bicyclic) bond motifs is 2. The Labute approximate surface area is 199 Å². The Morgan fingerprint density at radius 3 is 2.24 bits per heavy atom. The average Bonchev–Trinajstić information content (AvgIpc) is 3.42. The SMILES string of the molecule is CC1CCCN1C(=O)c1cc(C2CC2)c(OCC2(C)CC3(F)CC(C)(F)CC(F)(C2)C3)cc1F. The van der Waals surface area contributed by atoms with Crippen LogP contribution in [-0.4, -0.2) is 47.0 Å². The average molecular weight is 482 g/mol. The number of amides is 1. The van der Waals surface area contributed by atoms with Crippen LogP contribution in [0.25, 0.3) is 0 Å². The zero-order chi connectivity index (χ0) is 24.5. The first-order chi connectivity index (χ1) is 15.8. The van der Waals surface area contributed by atoms with Crippen molar-refractivity contribution in [1.82, 2.24) is 4.90 Å². The van der Waals surface area contributed by atoms with Gasteiger partial charge in [0.1, 0.15) is 28.6 Å². The molecule has 0 spiro atoms. The highest BCUT2D eigenvalue weighted by atomic mass is 19.2. The van der Waals surface area contributed by atoms with Crippen LogP contribution >= 0.6 is 0 Å². The monoisotopic (exact) mass is 481 g/mol. The first kappa shape index (κ1) is 23.9. The van der Waals surface area contributed by atoms with Crippen LogP contribution in [0.15, 0.2) is 12.1 Å². The van der Waals surface area contributed by atoms with E-state index in [0.717, 1.165) is 31.2 Å². The molecule has 4 fully saturated rings. The minimum Gasteiger partial charge on any atom is -0.493 e. The number of carbonyl (C=O) groups is 1. The van der Waals surface area contributed by atoms with Crippen LogP contribution in [0.4, 0.5) is 17.6 Å². The Hall–Kier alpha value is -1.79. The first-order valence-corrected chi connectivity index (χ1v) is 12.6. The molecule has 3 unspecified atom stereocenters. The van der Waals surface area contributed by atoms with E-state index in [-0.39, 0.29) is 62.1 Å². The number of ether oxygens (including phenoxy) is 1. The van der Waals surface area contributed by atoms with Gasteiger partial charge in [0.05, 0.1) is 12.2 Å². The van der Waals surface area contributed by atoms with Gasteiger partial charge in [0.2, 0.25) is 0 Å². The van der Waals surface area contributed by atoms with Crippen molar-refractivity contribution >= 4 is 5.91 Å². The van der Waals surface area contributed by atoms with Crippen molar-refractivity contribution in [3.8, 4) is 5.75 Å². The Balaban J connectivity index is 1.37. The van der Waals surface area contributed by atoms with Crippen molar-refractivity contribution < 1.29 is 27.1 Å². The number of nitrogens with zero attached hydrogens (tertiary/aromatic N) is 1. The molecule has 5 rings (SSSR count). The van der Waals surface area contributed by atoms with E-state index in [1.807, 2.05) is 6.92 Å². The molecule has 3 nitrogen and oxygen atoms in total. The summed E-state index contributed by atoms with van der Waals surface area (Å²) in [6.45, 7) is 5.68. The first-order valence-electron chi connectivity index (χ1n) is 12.6. The summed E-state index contributed by atoms with van der Waals surface area (Å²) in [6, 6.07) is 2.98. The molecule has 1 heterocycles. The number of hydrogen-bond acceptors (Lipinski definition) is 2. The van der Waals surface area contributed by atoms with Crippen LogP contribution in [-0.2, 0) is 0 Å². The van der Waals surface area contributed by atoms with E-state index in [9.17, 15) is 9.18 Å². The van der Waals surface area contributed by atoms with E-state index in [4.69, 9.17) is 4.74 Å². The molecule has 1 saturated heterocycles. The van der Waals surface area contributed by atoms with Gasteiger partial charge in [0.15, 0.2) is 0 Å². The van der Waals surface area contributed by atoms with Crippen molar-refractivity contribution in [2.75, 3.05) is 13.2 Å². The standard InChI is InChI=1S/C27H35F4NO2/c1-17-5-4-8-32(17)23(33)20-9-19(18-6-7-18)22(10-21(20)28)34-16-24(2)11-26(30)13-25(3,29)14-27(31,12-24)15-26/h9-10,17-18H,4-8,11-16H2,1-3H3. The topological polar surface area (TPSA) is 29.5 Å². The molecule has 1 amide bonds. The number of benzene rings is 1. The fourth-order valence-corrected chi connectivity index (χ4v) is 7.24. The van der Waals surface area contributed by atoms with Gasteiger partial charge in [-0.2, -0.15) is 0 Å². The maximum Gasteiger partial charge on any atom is 0.257 e. The summed E-state index contributed by atoms with van der Waals surface area (Å²) in [5, 5.41) is 0. The summed E-state index contributed by atoms with van der Waals surface area (Å²) in [7, 11) is 0. The molecule has 1 aromatic rings. The summed E-state index contributed by atoms with van der Waals surface area (Å²) < 4.78 is 66.9. The Kier molecular flexibility index (Phi) is 5.53. The smallest absolute Gasteiger partial charge is 0.257 e. The number of likely N-dealkylation sites (tertiary alicyclic amines) is 1. The van der Waals surface area contributed by atoms with Crippen LogP contribution in [0.2, 0.25) is 0 Å². The largest absolute Gasteiger partial charge is 0.493 e. The molecule has 7 heteroatoms. The van der Waals surface area contributed by atoms with Gasteiger partial charge < -0.3 is 9.64 Å². The third kappa shape index (κ3) is 4.56. The molecule has 34 heavy (non-hydrogen) atoms. The number of halogens is 4. The lowest BCUT2D eigenvalue weighted by Gasteiger charge is -2.54. The molecule has 0 N–H and O–H groups in total. The highest BCUT2D eigenvalue weighted by Gasteiger charge is 2.62. The molecular formula is C27H35F4NO2. The Bertz CT molecular complexity index is 963. The van der Waals surface area contributed by atoms with Gasteiger partial charge in [-0.1, -0.05) is 6.92 Å². The summed E-state index contributed by atoms with van der Waals surface area (Å²) in [5.41, 5.74) is -5.68. The molecule has 188 valence electrons. The number of alkyl halides is 3. The molecule has 4 aliphatic rings. The molecule has 1 aromatic carbocycles. The van der Waals surface area contributed by atoms with E-state index in [1.165, 1.54) is 13.0 Å². The number of rotatable bonds is 5. The van der Waals surface area contributed by atoms with E-state index in [2.05, 4.69) is 0 Å². The van der Waals surface area contributed by atoms with Gasteiger partial charge >= 0.3 is 0 Å². The Morgan fingerprint density at radius 2 is 1.68 bits per heavy atom. The third-order valence-corrected chi connectivity index (χ3v) is 8.23. The minimum absolute atomic E-state index is 0.00976. The fraction of sp³-hybridized carbons (Fsp3) is 0.741. The van der Waals surface area contributed by atoms with Crippen LogP contribution < -0.4 is 4.74 Å². The van der Waals surface area contributed by atoms with Gasteiger partial charge in [-0.15, -0.1) is 0 Å². The molecule has 1 aliphatic heterocycles. The maximum absolute atomic E-state index is 15.5. The van der Waals surface area contributed by atoms with Gasteiger partial charge in [0, 0.05) is 43.3 Å². The molecule has 0 radical (unpaired) electrons. The zero-order valence-electron chi connectivity index (χ0n) is 20.4. The predicted octanol–water partition coefficient (Wildman–Crippen LogP) is 6.84. The third-order valence-electron chi connectivity index (χ3n) is 8.23. The lowest BCUT2D eigenvalue weighted by Crippen LogP contribution is -2.58. The zero-order valence-corrected chi connectivity index (χ0v) is 20.4. The Morgan fingerprint density at radius 1 is 1.03 bits per heavy atom. The molecular weight excluding hydrogens is 446 g/mol. The predicted molar refractivity (Wildman–Crippen MR) is 122 cm³/mol. The summed E-state index contributed by atoms with van der Waals surface area (Å²) in [5.74, 6) is -0.384. The van der Waals surface area contributed by atoms with Crippen LogP contribution in [0.1, 0.15) is 100 Å². The summed E-state index contributed by atoms with van der Waals surface area (Å²) in [4.78, 5) is 14.7. The quantitative estimate of drug-likeness (QED) is 0.431. The van der Waals surface area contributed by atoms with Gasteiger partial charge in [-0.3, -0.25) is 4.79 Å². The lowest BCUT2D eigenvalue weighted by atomic mass is 9.56. The van der Waals surface area contributed by atoms with Crippen molar-refractivity contribution in [2.24, 2.45) is 5.41 Å². The van der Waals surface area contributed by atoms with Crippen molar-refractivity contribution in [2.45, 2.75) is 108 Å². The van der Waals surface area contributed by atoms with Gasteiger partial charge in [-0.25, -0.2) is 17.6 Å². The van der Waals surface area contributed by atoms with Crippen molar-refractivity contribution in [1.29, 1.82) is 0 Å². The maximum atomic E-state index is 15.5. The molecule has 2 bridgehead atoms. The van der Waals surface area contributed by atoms with Gasteiger partial charge in [0.25, 0.3) is 5.91 Å². The minimum atomic E-state index is -1.92. The highest BCUT2D eigenvalue weighted by molar-refractivity contribution is 5.95. The van der Waals surface area contributed by atoms with Crippen LogP contribution in [0.5, 0.6) is 5.75 Å².